The zero-order valence-electron chi connectivity index (χ0n) is 6.49. The number of rotatable bonds is 4. The minimum absolute atomic E-state index is 0.463. The lowest BCUT2D eigenvalue weighted by molar-refractivity contribution is -0.149. The van der Waals surface area contributed by atoms with Gasteiger partial charge >= 0.3 is 5.97 Å². The van der Waals surface area contributed by atoms with E-state index >= 15 is 0 Å². The van der Waals surface area contributed by atoms with Crippen molar-refractivity contribution in [1.82, 2.24) is 0 Å². The Morgan fingerprint density at radius 3 is 2.55 bits per heavy atom. The molecule has 4 nitrogen and oxygen atoms in total. The van der Waals surface area contributed by atoms with E-state index in [2.05, 4.69) is 9.47 Å². The van der Waals surface area contributed by atoms with E-state index in [0.29, 0.717) is 6.61 Å². The van der Waals surface area contributed by atoms with Gasteiger partial charge in [0.2, 0.25) is 0 Å². The van der Waals surface area contributed by atoms with E-state index in [1.807, 2.05) is 0 Å². The van der Waals surface area contributed by atoms with Crippen LogP contribution in [-0.2, 0) is 19.1 Å². The van der Waals surface area contributed by atoms with Crippen molar-refractivity contribution in [3.63, 3.8) is 0 Å². The van der Waals surface area contributed by atoms with Crippen LogP contribution in [0.5, 0.6) is 0 Å². The standard InChI is InChI=1S/C7H10O4/c1-3-11-5-4-6(8)7(9)10-2/h4-5H,3H2,1-2H3. The van der Waals surface area contributed by atoms with Crippen LogP contribution < -0.4 is 0 Å². The van der Waals surface area contributed by atoms with Crippen molar-refractivity contribution in [2.75, 3.05) is 13.7 Å². The number of ether oxygens (including phenoxy) is 2. The van der Waals surface area contributed by atoms with E-state index in [-0.39, 0.29) is 0 Å². The van der Waals surface area contributed by atoms with Gasteiger partial charge < -0.3 is 9.47 Å². The Kier molecular flexibility index (Phi) is 4.81. The maximum absolute atomic E-state index is 10.6. The monoisotopic (exact) mass is 158 g/mol. The number of hydrogen-bond donors (Lipinski definition) is 0. The Morgan fingerprint density at radius 2 is 2.09 bits per heavy atom. The zero-order chi connectivity index (χ0) is 8.69. The molecule has 0 saturated carbocycles. The van der Waals surface area contributed by atoms with Gasteiger partial charge in [-0.05, 0) is 6.92 Å². The summed E-state index contributed by atoms with van der Waals surface area (Å²) in [5.74, 6) is -1.61. The van der Waals surface area contributed by atoms with E-state index in [1.165, 1.54) is 6.26 Å². The van der Waals surface area contributed by atoms with Crippen molar-refractivity contribution in [1.29, 1.82) is 0 Å². The second-order valence-corrected chi connectivity index (χ2v) is 1.61. The molecule has 0 aromatic carbocycles. The molecule has 0 spiro atoms. The summed E-state index contributed by atoms with van der Waals surface area (Å²) >= 11 is 0. The van der Waals surface area contributed by atoms with Gasteiger partial charge in [0.15, 0.2) is 0 Å². The second-order valence-electron chi connectivity index (χ2n) is 1.61. The first kappa shape index (κ1) is 9.68. The lowest BCUT2D eigenvalue weighted by Gasteiger charge is -1.92. The van der Waals surface area contributed by atoms with Gasteiger partial charge in [-0.1, -0.05) is 0 Å². The molecule has 0 heterocycles. The number of hydrogen-bond acceptors (Lipinski definition) is 4. The number of esters is 1. The summed E-state index contributed by atoms with van der Waals surface area (Å²) in [5.41, 5.74) is 0. The Balaban J connectivity index is 3.77. The number of carbonyl (C=O) groups is 2. The molecule has 0 fully saturated rings. The van der Waals surface area contributed by atoms with Crippen molar-refractivity contribution >= 4 is 11.8 Å². The molecular weight excluding hydrogens is 148 g/mol. The summed E-state index contributed by atoms with van der Waals surface area (Å²) in [6.45, 7) is 2.23. The fourth-order valence-electron chi connectivity index (χ4n) is 0.375. The second kappa shape index (κ2) is 5.46. The fraction of sp³-hybridized carbons (Fsp3) is 0.429. The van der Waals surface area contributed by atoms with Gasteiger partial charge in [-0.2, -0.15) is 0 Å². The van der Waals surface area contributed by atoms with E-state index in [1.54, 1.807) is 6.92 Å². The Labute approximate surface area is 64.8 Å². The number of carbonyl (C=O) groups excluding carboxylic acids is 2. The van der Waals surface area contributed by atoms with Gasteiger partial charge in [0.1, 0.15) is 0 Å². The Hall–Kier alpha value is -1.32. The molecule has 0 unspecified atom stereocenters. The van der Waals surface area contributed by atoms with Crippen LogP contribution in [0.4, 0.5) is 0 Å². The molecule has 0 amide bonds. The van der Waals surface area contributed by atoms with Crippen LogP contribution in [0.15, 0.2) is 12.3 Å². The molecule has 0 saturated heterocycles. The highest BCUT2D eigenvalue weighted by Crippen LogP contribution is 1.82. The Bertz CT molecular complexity index is 171. The van der Waals surface area contributed by atoms with Crippen molar-refractivity contribution in [2.45, 2.75) is 6.92 Å². The molecule has 0 aliphatic carbocycles. The molecule has 0 radical (unpaired) electrons. The van der Waals surface area contributed by atoms with E-state index in [9.17, 15) is 9.59 Å². The SMILES string of the molecule is CCOC=CC(=O)C(=O)OC. The van der Waals surface area contributed by atoms with Gasteiger partial charge in [-0.15, -0.1) is 0 Å². The predicted octanol–water partition coefficient (Wildman–Crippen LogP) is 0.279. The highest BCUT2D eigenvalue weighted by Gasteiger charge is 2.08. The average Bonchev–Trinajstić information content (AvgIpc) is 2.03. The van der Waals surface area contributed by atoms with Crippen molar-refractivity contribution < 1.29 is 19.1 Å². The summed E-state index contributed by atoms with van der Waals surface area (Å²) in [4.78, 5) is 21.0. The minimum atomic E-state index is -0.888. The predicted molar refractivity (Wildman–Crippen MR) is 37.8 cm³/mol. The topological polar surface area (TPSA) is 52.6 Å². The fourth-order valence-corrected chi connectivity index (χ4v) is 0.375. The van der Waals surface area contributed by atoms with Crippen LogP contribution in [0.1, 0.15) is 6.92 Å². The van der Waals surface area contributed by atoms with Crippen LogP contribution in [0, 0.1) is 0 Å². The highest BCUT2D eigenvalue weighted by atomic mass is 16.5. The van der Waals surface area contributed by atoms with Crippen molar-refractivity contribution in [2.24, 2.45) is 0 Å². The van der Waals surface area contributed by atoms with E-state index in [0.717, 1.165) is 13.2 Å². The average molecular weight is 158 g/mol. The third kappa shape index (κ3) is 4.13. The third-order valence-electron chi connectivity index (χ3n) is 0.869. The first-order valence-electron chi connectivity index (χ1n) is 3.12. The molecule has 0 aliphatic rings. The third-order valence-corrected chi connectivity index (χ3v) is 0.869. The summed E-state index contributed by atoms with van der Waals surface area (Å²) < 4.78 is 8.84. The van der Waals surface area contributed by atoms with Crippen LogP contribution in [0.3, 0.4) is 0 Å². The maximum atomic E-state index is 10.6. The quantitative estimate of drug-likeness (QED) is 0.255. The number of ketones is 1. The normalized spacial score (nSPS) is 9.64. The maximum Gasteiger partial charge on any atom is 0.378 e. The molecule has 0 aromatic heterocycles. The molecule has 0 rings (SSSR count). The van der Waals surface area contributed by atoms with E-state index < -0.39 is 11.8 Å². The molecule has 11 heavy (non-hydrogen) atoms. The van der Waals surface area contributed by atoms with Gasteiger partial charge in [0.25, 0.3) is 5.78 Å². The van der Waals surface area contributed by atoms with Crippen molar-refractivity contribution in [3.8, 4) is 0 Å². The molecule has 4 heteroatoms. The molecule has 0 atom stereocenters. The first-order chi connectivity index (χ1) is 5.22. The largest absolute Gasteiger partial charge is 0.501 e. The highest BCUT2D eigenvalue weighted by molar-refractivity contribution is 6.38. The summed E-state index contributed by atoms with van der Waals surface area (Å²) in [6, 6.07) is 0. The molecular formula is C7H10O4. The van der Waals surface area contributed by atoms with Crippen LogP contribution in [0.2, 0.25) is 0 Å². The molecule has 0 bridgehead atoms. The Morgan fingerprint density at radius 1 is 1.45 bits per heavy atom. The van der Waals surface area contributed by atoms with Gasteiger partial charge in [-0.25, -0.2) is 4.79 Å². The molecule has 0 aliphatic heterocycles. The number of methoxy groups -OCH3 is 1. The lowest BCUT2D eigenvalue weighted by atomic mass is 10.4. The minimum Gasteiger partial charge on any atom is -0.501 e. The lowest BCUT2D eigenvalue weighted by Crippen LogP contribution is -2.12. The van der Waals surface area contributed by atoms with Crippen molar-refractivity contribution in [3.05, 3.63) is 12.3 Å². The van der Waals surface area contributed by atoms with Crippen LogP contribution >= 0.6 is 0 Å². The molecule has 0 N–H and O–H groups in total. The summed E-state index contributed by atoms with van der Waals surface area (Å²) in [5, 5.41) is 0. The first-order valence-corrected chi connectivity index (χ1v) is 3.12. The van der Waals surface area contributed by atoms with Gasteiger partial charge in [-0.3, -0.25) is 4.79 Å². The van der Waals surface area contributed by atoms with Gasteiger partial charge in [0, 0.05) is 6.08 Å². The van der Waals surface area contributed by atoms with Crippen LogP contribution in [-0.4, -0.2) is 25.5 Å². The summed E-state index contributed by atoms with van der Waals surface area (Å²) in [7, 11) is 1.15. The smallest absolute Gasteiger partial charge is 0.378 e. The zero-order valence-corrected chi connectivity index (χ0v) is 6.49. The van der Waals surface area contributed by atoms with Gasteiger partial charge in [0.05, 0.1) is 20.0 Å². The molecule has 0 aromatic rings. The molecule has 62 valence electrons. The summed E-state index contributed by atoms with van der Waals surface area (Å²) in [6.07, 6.45) is 2.19. The van der Waals surface area contributed by atoms with Crippen LogP contribution in [0.25, 0.3) is 0 Å². The van der Waals surface area contributed by atoms with E-state index in [4.69, 9.17) is 0 Å².